The van der Waals surface area contributed by atoms with E-state index in [9.17, 15) is 5.11 Å². The van der Waals surface area contributed by atoms with Gasteiger partial charge in [-0.05, 0) is 35.0 Å². The van der Waals surface area contributed by atoms with Gasteiger partial charge < -0.3 is 5.11 Å². The summed E-state index contributed by atoms with van der Waals surface area (Å²) in [6.45, 7) is 0. The molecule has 3 rings (SSSR count). The van der Waals surface area contributed by atoms with Crippen LogP contribution in [0.5, 0.6) is 0 Å². The average Bonchev–Trinajstić information content (AvgIpc) is 2.63. The predicted octanol–water partition coefficient (Wildman–Crippen LogP) is 5.31. The van der Waals surface area contributed by atoms with Gasteiger partial charge >= 0.3 is 5.25 Å². The second-order valence-electron chi connectivity index (χ2n) is 5.37. The van der Waals surface area contributed by atoms with Crippen molar-refractivity contribution < 1.29 is 13.9 Å². The quantitative estimate of drug-likeness (QED) is 0.634. The molecule has 3 aromatic carbocycles. The van der Waals surface area contributed by atoms with Gasteiger partial charge in [0.15, 0.2) is 5.60 Å². The molecule has 3 aromatic rings. The number of hydrogen-bond acceptors (Lipinski definition) is 2. The van der Waals surface area contributed by atoms with E-state index in [4.69, 9.17) is 0 Å². The van der Waals surface area contributed by atoms with E-state index in [0.29, 0.717) is 16.7 Å². The van der Waals surface area contributed by atoms with E-state index in [-0.39, 0.29) is 11.1 Å². The zero-order valence-corrected chi connectivity index (χ0v) is 13.6. The van der Waals surface area contributed by atoms with Crippen molar-refractivity contribution in [3.05, 3.63) is 102 Å². The topological polar surface area (TPSA) is 20.2 Å². The van der Waals surface area contributed by atoms with Crippen LogP contribution >= 0.6 is 11.8 Å². The Bertz CT molecular complexity index is 737. The lowest BCUT2D eigenvalue weighted by atomic mass is 9.86. The van der Waals surface area contributed by atoms with Crippen molar-refractivity contribution in [3.63, 3.8) is 0 Å². The summed E-state index contributed by atoms with van der Waals surface area (Å²) in [7, 11) is 0. The summed E-state index contributed by atoms with van der Waals surface area (Å²) in [4.78, 5) is 0.396. The van der Waals surface area contributed by atoms with Crippen molar-refractivity contribution in [2.75, 3.05) is 0 Å². The fourth-order valence-corrected chi connectivity index (χ4v) is 3.54. The molecule has 0 aliphatic carbocycles. The van der Waals surface area contributed by atoms with Crippen LogP contribution in [0.1, 0.15) is 11.1 Å². The van der Waals surface area contributed by atoms with Crippen LogP contribution in [0.4, 0.5) is 8.78 Å². The van der Waals surface area contributed by atoms with Gasteiger partial charge in [-0.1, -0.05) is 78.9 Å². The van der Waals surface area contributed by atoms with Gasteiger partial charge in [-0.15, -0.1) is 0 Å². The van der Waals surface area contributed by atoms with Crippen molar-refractivity contribution >= 4 is 11.8 Å². The predicted molar refractivity (Wildman–Crippen MR) is 93.1 cm³/mol. The Labute approximate surface area is 144 Å². The molecule has 0 atom stereocenters. The van der Waals surface area contributed by atoms with Crippen molar-refractivity contribution in [1.82, 2.24) is 0 Å². The summed E-state index contributed by atoms with van der Waals surface area (Å²) in [5, 5.41) is 7.71. The van der Waals surface area contributed by atoms with Gasteiger partial charge in [-0.25, -0.2) is 0 Å². The smallest absolute Gasteiger partial charge is 0.334 e. The second kappa shape index (κ2) is 6.75. The normalized spacial score (nSPS) is 12.1. The van der Waals surface area contributed by atoms with Gasteiger partial charge in [0.2, 0.25) is 0 Å². The standard InChI is InChI=1S/C20H16F2OS/c21-20(22,24-18-14-8-3-9-15-18)19(23,16-10-4-1-5-11-16)17-12-6-2-7-13-17/h1-15,23H. The third kappa shape index (κ3) is 3.07. The Balaban J connectivity index is 2.11. The zero-order valence-electron chi connectivity index (χ0n) is 12.8. The van der Waals surface area contributed by atoms with E-state index in [1.165, 1.54) is 24.3 Å². The third-order valence-electron chi connectivity index (χ3n) is 3.79. The molecule has 0 aliphatic rings. The van der Waals surface area contributed by atoms with Crippen LogP contribution in [0.15, 0.2) is 95.9 Å². The lowest BCUT2D eigenvalue weighted by Crippen LogP contribution is -2.44. The van der Waals surface area contributed by atoms with Crippen molar-refractivity contribution in [2.45, 2.75) is 15.8 Å². The average molecular weight is 342 g/mol. The highest BCUT2D eigenvalue weighted by atomic mass is 32.2. The highest BCUT2D eigenvalue weighted by Gasteiger charge is 2.55. The van der Waals surface area contributed by atoms with Crippen LogP contribution in [-0.4, -0.2) is 10.4 Å². The zero-order chi connectivity index (χ0) is 17.0. The van der Waals surface area contributed by atoms with E-state index in [1.807, 2.05) is 0 Å². The summed E-state index contributed by atoms with van der Waals surface area (Å²) in [6, 6.07) is 24.5. The number of rotatable bonds is 5. The molecule has 122 valence electrons. The first-order valence-corrected chi connectivity index (χ1v) is 8.31. The first-order valence-electron chi connectivity index (χ1n) is 7.49. The van der Waals surface area contributed by atoms with Crippen molar-refractivity contribution in [1.29, 1.82) is 0 Å². The molecule has 0 spiro atoms. The lowest BCUT2D eigenvalue weighted by Gasteiger charge is -2.36. The fraction of sp³-hybridized carbons (Fsp3) is 0.100. The molecule has 1 nitrogen and oxygen atoms in total. The number of benzene rings is 3. The van der Waals surface area contributed by atoms with Gasteiger partial charge in [0.05, 0.1) is 0 Å². The Morgan fingerprint density at radius 2 is 1.00 bits per heavy atom. The van der Waals surface area contributed by atoms with Crippen molar-refractivity contribution in [2.24, 2.45) is 0 Å². The molecule has 0 aromatic heterocycles. The Kier molecular flexibility index (Phi) is 4.69. The molecule has 0 aliphatic heterocycles. The summed E-state index contributed by atoms with van der Waals surface area (Å²) in [5.41, 5.74) is -2.12. The Morgan fingerprint density at radius 1 is 0.625 bits per heavy atom. The van der Waals surface area contributed by atoms with Crippen LogP contribution in [0, 0.1) is 0 Å². The minimum Gasteiger partial charge on any atom is -0.374 e. The second-order valence-corrected chi connectivity index (χ2v) is 6.56. The number of thioether (sulfide) groups is 1. The summed E-state index contributed by atoms with van der Waals surface area (Å²) >= 11 is 0.359. The molecule has 0 radical (unpaired) electrons. The maximum atomic E-state index is 15.2. The highest BCUT2D eigenvalue weighted by Crippen LogP contribution is 2.51. The van der Waals surface area contributed by atoms with E-state index < -0.39 is 10.9 Å². The van der Waals surface area contributed by atoms with Crippen LogP contribution in [0.25, 0.3) is 0 Å². The molecule has 24 heavy (non-hydrogen) atoms. The number of aliphatic hydroxyl groups is 1. The molecule has 0 fully saturated rings. The molecular weight excluding hydrogens is 326 g/mol. The summed E-state index contributed by atoms with van der Waals surface area (Å²) in [5.74, 6) is 0. The van der Waals surface area contributed by atoms with Crippen LogP contribution in [0.2, 0.25) is 0 Å². The van der Waals surface area contributed by atoms with Gasteiger partial charge in [0, 0.05) is 4.90 Å². The minimum absolute atomic E-state index is 0.157. The number of halogens is 2. The van der Waals surface area contributed by atoms with E-state index in [0.717, 1.165) is 0 Å². The van der Waals surface area contributed by atoms with E-state index in [2.05, 4.69) is 0 Å². The molecule has 0 saturated carbocycles. The summed E-state index contributed by atoms with van der Waals surface area (Å²) in [6.07, 6.45) is 0. The Hall–Kier alpha value is -2.17. The molecule has 0 unspecified atom stereocenters. The molecule has 0 saturated heterocycles. The Morgan fingerprint density at radius 3 is 1.42 bits per heavy atom. The van der Waals surface area contributed by atoms with Gasteiger partial charge in [-0.2, -0.15) is 8.78 Å². The number of hydrogen-bond donors (Lipinski definition) is 1. The van der Waals surface area contributed by atoms with E-state index in [1.54, 1.807) is 66.7 Å². The van der Waals surface area contributed by atoms with Gasteiger partial charge in [0.1, 0.15) is 0 Å². The van der Waals surface area contributed by atoms with Crippen LogP contribution < -0.4 is 0 Å². The number of alkyl halides is 2. The maximum absolute atomic E-state index is 15.2. The molecule has 0 heterocycles. The summed E-state index contributed by atoms with van der Waals surface area (Å²) < 4.78 is 30.5. The SMILES string of the molecule is OC(c1ccccc1)(c1ccccc1)C(F)(F)Sc1ccccc1. The first-order chi connectivity index (χ1) is 11.5. The lowest BCUT2D eigenvalue weighted by molar-refractivity contribution is -0.0981. The van der Waals surface area contributed by atoms with Crippen LogP contribution in [0.3, 0.4) is 0 Å². The van der Waals surface area contributed by atoms with E-state index >= 15 is 8.78 Å². The van der Waals surface area contributed by atoms with Gasteiger partial charge in [0.25, 0.3) is 0 Å². The molecular formula is C20H16F2OS. The molecule has 1 N–H and O–H groups in total. The molecule has 0 bridgehead atoms. The van der Waals surface area contributed by atoms with Crippen molar-refractivity contribution in [3.8, 4) is 0 Å². The minimum atomic E-state index is -3.46. The third-order valence-corrected chi connectivity index (χ3v) is 4.85. The van der Waals surface area contributed by atoms with Gasteiger partial charge in [-0.3, -0.25) is 0 Å². The maximum Gasteiger partial charge on any atom is 0.334 e. The molecule has 4 heteroatoms. The monoisotopic (exact) mass is 342 g/mol. The van der Waals surface area contributed by atoms with Crippen LogP contribution in [-0.2, 0) is 5.60 Å². The molecule has 0 amide bonds. The largest absolute Gasteiger partial charge is 0.374 e. The highest BCUT2D eigenvalue weighted by molar-refractivity contribution is 8.00. The first kappa shape index (κ1) is 16.7. The fourth-order valence-electron chi connectivity index (χ4n) is 2.57.